The van der Waals surface area contributed by atoms with Gasteiger partial charge in [0.15, 0.2) is 0 Å². The van der Waals surface area contributed by atoms with Crippen LogP contribution in [0.2, 0.25) is 0 Å². The number of amides is 1. The van der Waals surface area contributed by atoms with Gasteiger partial charge in [-0.1, -0.05) is 13.8 Å². The number of carbonyl (C=O) groups excluding carboxylic acids is 1. The van der Waals surface area contributed by atoms with Crippen LogP contribution in [-0.4, -0.2) is 34.0 Å². The van der Waals surface area contributed by atoms with Crippen molar-refractivity contribution in [3.05, 3.63) is 23.3 Å². The Balaban J connectivity index is 1.73. The van der Waals surface area contributed by atoms with Crippen molar-refractivity contribution >= 4 is 5.91 Å². The van der Waals surface area contributed by atoms with Crippen molar-refractivity contribution in [2.24, 2.45) is 0 Å². The second kappa shape index (κ2) is 5.72. The molecule has 2 aliphatic heterocycles. The smallest absolute Gasteiger partial charge is 0.254 e. The first-order valence-electron chi connectivity index (χ1n) is 7.93. The van der Waals surface area contributed by atoms with Crippen LogP contribution in [0.4, 0.5) is 0 Å². The fraction of sp³-hybridized carbons (Fsp3) is 0.688. The Morgan fingerprint density at radius 2 is 2.00 bits per heavy atom. The summed E-state index contributed by atoms with van der Waals surface area (Å²) in [6.07, 6.45) is 6.21. The lowest BCUT2D eigenvalue weighted by Gasteiger charge is -2.29. The van der Waals surface area contributed by atoms with E-state index in [9.17, 15) is 4.79 Å². The summed E-state index contributed by atoms with van der Waals surface area (Å²) in [6.45, 7) is 5.98. The summed E-state index contributed by atoms with van der Waals surface area (Å²) in [5.41, 5.74) is 1.47. The Morgan fingerprint density at radius 3 is 2.62 bits per heavy atom. The zero-order chi connectivity index (χ0) is 15.0. The summed E-state index contributed by atoms with van der Waals surface area (Å²) in [5, 5.41) is 6.79. The van der Waals surface area contributed by atoms with Gasteiger partial charge in [-0.05, 0) is 38.5 Å². The monoisotopic (exact) mass is 288 g/mol. The molecular weight excluding hydrogens is 264 g/mol. The predicted octanol–water partition coefficient (Wildman–Crippen LogP) is 1.92. The van der Waals surface area contributed by atoms with Gasteiger partial charge < -0.3 is 10.6 Å². The minimum atomic E-state index is -0.0231. The second-order valence-electron chi connectivity index (χ2n) is 6.65. The van der Waals surface area contributed by atoms with E-state index in [1.165, 1.54) is 12.8 Å². The molecule has 0 saturated carbocycles. The van der Waals surface area contributed by atoms with Crippen molar-refractivity contribution in [2.45, 2.75) is 70.5 Å². The average Bonchev–Trinajstić information content (AvgIpc) is 2.77. The van der Waals surface area contributed by atoms with E-state index >= 15 is 0 Å². The summed E-state index contributed by atoms with van der Waals surface area (Å²) in [5.74, 6) is 0.914. The van der Waals surface area contributed by atoms with Crippen LogP contribution >= 0.6 is 0 Å². The van der Waals surface area contributed by atoms with Gasteiger partial charge in [-0.15, -0.1) is 0 Å². The van der Waals surface area contributed by atoms with Crippen LogP contribution < -0.4 is 10.6 Å². The minimum Gasteiger partial charge on any atom is -0.349 e. The number of piperidine rings is 1. The molecule has 2 fully saturated rings. The van der Waals surface area contributed by atoms with Gasteiger partial charge >= 0.3 is 0 Å². The highest BCUT2D eigenvalue weighted by molar-refractivity contribution is 5.95. The molecule has 1 aromatic heterocycles. The third-order valence-corrected chi connectivity index (χ3v) is 4.54. The molecular formula is C16H24N4O. The molecule has 0 spiro atoms. The Morgan fingerprint density at radius 1 is 1.33 bits per heavy atom. The predicted molar refractivity (Wildman–Crippen MR) is 81.3 cm³/mol. The highest BCUT2D eigenvalue weighted by atomic mass is 16.1. The van der Waals surface area contributed by atoms with Gasteiger partial charge in [0.2, 0.25) is 0 Å². The molecule has 5 heteroatoms. The van der Waals surface area contributed by atoms with E-state index in [-0.39, 0.29) is 17.9 Å². The lowest BCUT2D eigenvalue weighted by molar-refractivity contribution is 0.0921. The number of carbonyl (C=O) groups is 1. The first-order chi connectivity index (χ1) is 10.0. The van der Waals surface area contributed by atoms with Crippen LogP contribution in [-0.2, 0) is 0 Å². The molecule has 2 aliphatic rings. The third-order valence-electron chi connectivity index (χ3n) is 4.54. The highest BCUT2D eigenvalue weighted by Gasteiger charge is 2.34. The molecule has 1 aromatic rings. The molecule has 0 radical (unpaired) electrons. The van der Waals surface area contributed by atoms with E-state index in [1.54, 1.807) is 6.20 Å². The summed E-state index contributed by atoms with van der Waals surface area (Å²) in [4.78, 5) is 21.2. The third kappa shape index (κ3) is 3.07. The van der Waals surface area contributed by atoms with Crippen molar-refractivity contribution in [1.82, 2.24) is 20.6 Å². The fourth-order valence-corrected chi connectivity index (χ4v) is 3.54. The normalized spacial score (nSPS) is 27.9. The maximum absolute atomic E-state index is 12.6. The Hall–Kier alpha value is -1.49. The molecule has 2 N–H and O–H groups in total. The number of nitrogens with zero attached hydrogens (tertiary/aromatic N) is 2. The van der Waals surface area contributed by atoms with Gasteiger partial charge in [0.25, 0.3) is 5.91 Å². The number of fused-ring (bicyclic) bond motifs is 2. The van der Waals surface area contributed by atoms with Gasteiger partial charge in [-0.25, -0.2) is 9.97 Å². The first-order valence-corrected chi connectivity index (χ1v) is 7.93. The largest absolute Gasteiger partial charge is 0.349 e. The van der Waals surface area contributed by atoms with Crippen LogP contribution in [0.25, 0.3) is 0 Å². The molecule has 3 heterocycles. The maximum Gasteiger partial charge on any atom is 0.254 e. The van der Waals surface area contributed by atoms with Gasteiger partial charge in [0.1, 0.15) is 5.82 Å². The van der Waals surface area contributed by atoms with Crippen molar-refractivity contribution in [1.29, 1.82) is 0 Å². The van der Waals surface area contributed by atoms with Crippen molar-refractivity contribution in [3.63, 3.8) is 0 Å². The number of aryl methyl sites for hydroxylation is 1. The Labute approximate surface area is 125 Å². The summed E-state index contributed by atoms with van der Waals surface area (Å²) in [7, 11) is 0. The van der Waals surface area contributed by atoms with Crippen LogP contribution in [0.1, 0.15) is 67.3 Å². The number of nitrogens with one attached hydrogen (secondary N) is 2. The van der Waals surface area contributed by atoms with Gasteiger partial charge in [-0.3, -0.25) is 4.79 Å². The van der Waals surface area contributed by atoms with E-state index in [0.29, 0.717) is 17.6 Å². The summed E-state index contributed by atoms with van der Waals surface area (Å²) in [6, 6.07) is 1.43. The molecule has 0 aromatic carbocycles. The molecule has 2 bridgehead atoms. The molecule has 2 unspecified atom stereocenters. The topological polar surface area (TPSA) is 66.9 Å². The van der Waals surface area contributed by atoms with Crippen LogP contribution in [0.5, 0.6) is 0 Å². The molecule has 0 aliphatic carbocycles. The molecule has 5 nitrogen and oxygen atoms in total. The quantitative estimate of drug-likeness (QED) is 0.892. The van der Waals surface area contributed by atoms with Crippen molar-refractivity contribution in [3.8, 4) is 0 Å². The summed E-state index contributed by atoms with van der Waals surface area (Å²) < 4.78 is 0. The summed E-state index contributed by atoms with van der Waals surface area (Å²) >= 11 is 0. The number of hydrogen-bond acceptors (Lipinski definition) is 4. The SMILES string of the molecule is Cc1ncc(C(=O)NC2CC3CCC(C2)N3)c(C(C)C)n1. The number of rotatable bonds is 3. The Kier molecular flexibility index (Phi) is 3.93. The van der Waals surface area contributed by atoms with E-state index in [1.807, 2.05) is 6.92 Å². The maximum atomic E-state index is 12.6. The van der Waals surface area contributed by atoms with E-state index < -0.39 is 0 Å². The minimum absolute atomic E-state index is 0.0231. The molecule has 114 valence electrons. The molecule has 2 atom stereocenters. The molecule has 3 rings (SSSR count). The van der Waals surface area contributed by atoms with Gasteiger partial charge in [0.05, 0.1) is 11.3 Å². The van der Waals surface area contributed by atoms with Crippen LogP contribution in [0, 0.1) is 6.92 Å². The van der Waals surface area contributed by atoms with E-state index in [2.05, 4.69) is 34.4 Å². The van der Waals surface area contributed by atoms with Crippen LogP contribution in [0.15, 0.2) is 6.20 Å². The lowest BCUT2D eigenvalue weighted by atomic mass is 9.98. The van der Waals surface area contributed by atoms with Crippen molar-refractivity contribution in [2.75, 3.05) is 0 Å². The van der Waals surface area contributed by atoms with Crippen LogP contribution in [0.3, 0.4) is 0 Å². The first kappa shape index (κ1) is 14.4. The van der Waals surface area contributed by atoms with Gasteiger partial charge in [0, 0.05) is 24.3 Å². The van der Waals surface area contributed by atoms with E-state index in [0.717, 1.165) is 24.4 Å². The molecule has 1 amide bonds. The Bertz CT molecular complexity index is 531. The van der Waals surface area contributed by atoms with Gasteiger partial charge in [-0.2, -0.15) is 0 Å². The molecule has 2 saturated heterocycles. The second-order valence-corrected chi connectivity index (χ2v) is 6.65. The zero-order valence-corrected chi connectivity index (χ0v) is 13.0. The fourth-order valence-electron chi connectivity index (χ4n) is 3.54. The van der Waals surface area contributed by atoms with Crippen molar-refractivity contribution < 1.29 is 4.79 Å². The number of aromatic nitrogens is 2. The standard InChI is InChI=1S/C16H24N4O/c1-9(2)15-14(8-17-10(3)18-15)16(21)20-13-6-11-4-5-12(7-13)19-11/h8-9,11-13,19H,4-7H2,1-3H3,(H,20,21). The average molecular weight is 288 g/mol. The molecule has 21 heavy (non-hydrogen) atoms. The lowest BCUT2D eigenvalue weighted by Crippen LogP contribution is -2.48. The number of hydrogen-bond donors (Lipinski definition) is 2. The van der Waals surface area contributed by atoms with E-state index in [4.69, 9.17) is 0 Å². The highest BCUT2D eigenvalue weighted by Crippen LogP contribution is 2.27. The zero-order valence-electron chi connectivity index (χ0n) is 13.0.